The van der Waals surface area contributed by atoms with Crippen molar-refractivity contribution in [2.45, 2.75) is 12.1 Å². The number of hydrogen-bond acceptors (Lipinski definition) is 1. The lowest BCUT2D eigenvalue weighted by atomic mass is 10.0. The fourth-order valence-corrected chi connectivity index (χ4v) is 2.95. The molecule has 0 saturated carbocycles. The largest absolute Gasteiger partial charge is 0.333 e. The van der Waals surface area contributed by atoms with Crippen LogP contribution in [-0.4, -0.2) is 9.79 Å². The van der Waals surface area contributed by atoms with Gasteiger partial charge in [-0.25, -0.2) is 0 Å². The van der Waals surface area contributed by atoms with Crippen molar-refractivity contribution in [1.82, 2.24) is 0 Å². The Morgan fingerprint density at radius 1 is 0.889 bits per heavy atom. The van der Waals surface area contributed by atoms with Gasteiger partial charge in [0, 0.05) is 0 Å². The van der Waals surface area contributed by atoms with Crippen LogP contribution in [0.3, 0.4) is 0 Å². The summed E-state index contributed by atoms with van der Waals surface area (Å²) in [6.07, 6.45) is 0.342. The highest BCUT2D eigenvalue weighted by atomic mass is 31.2. The van der Waals surface area contributed by atoms with E-state index in [1.165, 1.54) is 0 Å². The van der Waals surface area contributed by atoms with Gasteiger partial charge in [-0.05, 0) is 17.5 Å². The molecule has 0 saturated heterocycles. The van der Waals surface area contributed by atoms with Gasteiger partial charge >= 0.3 is 7.60 Å². The summed E-state index contributed by atoms with van der Waals surface area (Å²) in [6.45, 7) is 0. The van der Waals surface area contributed by atoms with Crippen molar-refractivity contribution < 1.29 is 14.4 Å². The smallest absolute Gasteiger partial charge is 0.324 e. The summed E-state index contributed by atoms with van der Waals surface area (Å²) in [6, 6.07) is 18.3. The van der Waals surface area contributed by atoms with E-state index in [0.717, 1.165) is 5.56 Å². The summed E-state index contributed by atoms with van der Waals surface area (Å²) in [7, 11) is -4.16. The van der Waals surface area contributed by atoms with E-state index < -0.39 is 13.3 Å². The lowest BCUT2D eigenvalue weighted by Crippen LogP contribution is -2.03. The first-order chi connectivity index (χ1) is 8.57. The van der Waals surface area contributed by atoms with Gasteiger partial charge in [-0.15, -0.1) is 0 Å². The van der Waals surface area contributed by atoms with Gasteiger partial charge in [0.1, 0.15) is 0 Å². The van der Waals surface area contributed by atoms with Crippen molar-refractivity contribution in [2.24, 2.45) is 0 Å². The summed E-state index contributed by atoms with van der Waals surface area (Å²) in [5.74, 6) is 0. The van der Waals surface area contributed by atoms with Crippen molar-refractivity contribution in [1.29, 1.82) is 0 Å². The minimum atomic E-state index is -4.16. The quantitative estimate of drug-likeness (QED) is 0.832. The van der Waals surface area contributed by atoms with Gasteiger partial charge in [-0.1, -0.05) is 60.7 Å². The van der Waals surface area contributed by atoms with Crippen LogP contribution in [0.25, 0.3) is 0 Å². The van der Waals surface area contributed by atoms with Crippen LogP contribution in [0.15, 0.2) is 60.7 Å². The van der Waals surface area contributed by atoms with Crippen LogP contribution < -0.4 is 0 Å². The molecule has 18 heavy (non-hydrogen) atoms. The van der Waals surface area contributed by atoms with E-state index in [1.54, 1.807) is 24.3 Å². The molecule has 3 nitrogen and oxygen atoms in total. The molecule has 2 aromatic carbocycles. The Hall–Kier alpha value is -1.41. The zero-order valence-corrected chi connectivity index (χ0v) is 10.7. The fourth-order valence-electron chi connectivity index (χ4n) is 1.94. The molecule has 0 aliphatic heterocycles. The molecule has 1 unspecified atom stereocenters. The van der Waals surface area contributed by atoms with Crippen molar-refractivity contribution in [3.05, 3.63) is 71.8 Å². The lowest BCUT2D eigenvalue weighted by molar-refractivity contribution is 0.358. The van der Waals surface area contributed by atoms with E-state index in [0.29, 0.717) is 12.0 Å². The molecule has 94 valence electrons. The third-order valence-electron chi connectivity index (χ3n) is 2.86. The number of hydrogen-bond donors (Lipinski definition) is 2. The van der Waals surface area contributed by atoms with Gasteiger partial charge in [-0.2, -0.15) is 0 Å². The summed E-state index contributed by atoms with van der Waals surface area (Å²) in [4.78, 5) is 19.0. The maximum Gasteiger partial charge on any atom is 0.333 e. The topological polar surface area (TPSA) is 57.5 Å². The molecule has 0 aliphatic rings. The van der Waals surface area contributed by atoms with Crippen molar-refractivity contribution in [2.75, 3.05) is 0 Å². The van der Waals surface area contributed by atoms with Crippen molar-refractivity contribution in [3.8, 4) is 0 Å². The van der Waals surface area contributed by atoms with Gasteiger partial charge in [0.15, 0.2) is 0 Å². The Morgan fingerprint density at radius 3 is 1.89 bits per heavy atom. The first-order valence-corrected chi connectivity index (χ1v) is 7.39. The third-order valence-corrected chi connectivity index (χ3v) is 4.15. The lowest BCUT2D eigenvalue weighted by Gasteiger charge is -2.18. The molecule has 2 rings (SSSR count). The highest BCUT2D eigenvalue weighted by molar-refractivity contribution is 7.52. The average molecular weight is 262 g/mol. The van der Waals surface area contributed by atoms with E-state index in [9.17, 15) is 14.4 Å². The predicted octanol–water partition coefficient (Wildman–Crippen LogP) is 3.15. The molecule has 2 aromatic rings. The predicted molar refractivity (Wildman–Crippen MR) is 71.4 cm³/mol. The SMILES string of the molecule is O=P(O)(O)C(Cc1ccccc1)c1ccccc1. The Bertz CT molecular complexity index is 533. The van der Waals surface area contributed by atoms with Crippen LogP contribution in [0.2, 0.25) is 0 Å². The summed E-state index contributed by atoms with van der Waals surface area (Å²) in [5, 5.41) is 0. The van der Waals surface area contributed by atoms with E-state index in [-0.39, 0.29) is 0 Å². The second kappa shape index (κ2) is 5.49. The molecule has 4 heteroatoms. The molecule has 0 aliphatic carbocycles. The summed E-state index contributed by atoms with van der Waals surface area (Å²) < 4.78 is 11.6. The number of benzene rings is 2. The minimum Gasteiger partial charge on any atom is -0.324 e. The van der Waals surface area contributed by atoms with Gasteiger partial charge in [-0.3, -0.25) is 4.57 Å². The van der Waals surface area contributed by atoms with E-state index in [2.05, 4.69) is 0 Å². The third kappa shape index (κ3) is 3.30. The molecule has 0 fully saturated rings. The Labute approximate surface area is 106 Å². The summed E-state index contributed by atoms with van der Waals surface area (Å²) >= 11 is 0. The van der Waals surface area contributed by atoms with Gasteiger partial charge in [0.25, 0.3) is 0 Å². The van der Waals surface area contributed by atoms with Crippen LogP contribution in [0, 0.1) is 0 Å². The molecular formula is C14H15O3P. The second-order valence-corrected chi connectivity index (χ2v) is 6.01. The van der Waals surface area contributed by atoms with Crippen LogP contribution in [-0.2, 0) is 11.0 Å². The van der Waals surface area contributed by atoms with E-state index in [4.69, 9.17) is 0 Å². The normalized spacial score (nSPS) is 13.2. The van der Waals surface area contributed by atoms with Crippen molar-refractivity contribution in [3.63, 3.8) is 0 Å². The molecular weight excluding hydrogens is 247 g/mol. The maximum absolute atomic E-state index is 11.6. The molecule has 0 radical (unpaired) electrons. The maximum atomic E-state index is 11.6. The van der Waals surface area contributed by atoms with Crippen LogP contribution in [0.5, 0.6) is 0 Å². The zero-order valence-electron chi connectivity index (χ0n) is 9.81. The highest BCUT2D eigenvalue weighted by Crippen LogP contribution is 2.53. The summed E-state index contributed by atoms with van der Waals surface area (Å²) in [5.41, 5.74) is 0.825. The first-order valence-electron chi connectivity index (χ1n) is 5.71. The van der Waals surface area contributed by atoms with E-state index in [1.807, 2.05) is 36.4 Å². The van der Waals surface area contributed by atoms with E-state index >= 15 is 0 Å². The molecule has 1 atom stereocenters. The molecule has 0 bridgehead atoms. The molecule has 2 N–H and O–H groups in total. The van der Waals surface area contributed by atoms with Crippen LogP contribution in [0.1, 0.15) is 16.8 Å². The Balaban J connectivity index is 2.31. The molecule has 0 aromatic heterocycles. The van der Waals surface area contributed by atoms with Crippen LogP contribution >= 0.6 is 7.60 Å². The van der Waals surface area contributed by atoms with Crippen LogP contribution in [0.4, 0.5) is 0 Å². The average Bonchev–Trinajstić information content (AvgIpc) is 2.37. The standard InChI is InChI=1S/C14H15O3P/c15-18(16,17)14(13-9-5-2-6-10-13)11-12-7-3-1-4-8-12/h1-10,14H,11H2,(H2,15,16,17). The molecule has 0 heterocycles. The Morgan fingerprint density at radius 2 is 1.39 bits per heavy atom. The zero-order chi connectivity index (χ0) is 13.0. The second-order valence-electron chi connectivity index (χ2n) is 4.21. The first kappa shape index (κ1) is 13.0. The minimum absolute atomic E-state index is 0.342. The van der Waals surface area contributed by atoms with Gasteiger partial charge in [0.05, 0.1) is 5.66 Å². The molecule has 0 amide bonds. The van der Waals surface area contributed by atoms with Gasteiger partial charge < -0.3 is 9.79 Å². The number of rotatable bonds is 4. The highest BCUT2D eigenvalue weighted by Gasteiger charge is 2.30. The fraction of sp³-hybridized carbons (Fsp3) is 0.143. The monoisotopic (exact) mass is 262 g/mol. The van der Waals surface area contributed by atoms with Crippen molar-refractivity contribution >= 4 is 7.60 Å². The van der Waals surface area contributed by atoms with Gasteiger partial charge in [0.2, 0.25) is 0 Å². The Kier molecular flexibility index (Phi) is 3.97. The molecule has 0 spiro atoms.